The van der Waals surface area contributed by atoms with Gasteiger partial charge < -0.3 is 4.57 Å². The van der Waals surface area contributed by atoms with Gasteiger partial charge in [-0.25, -0.2) is 13.9 Å². The van der Waals surface area contributed by atoms with Crippen LogP contribution in [0.4, 0.5) is 4.39 Å². The molecule has 1 fully saturated rings. The largest absolute Gasteiger partial charge is 0.315 e. The lowest BCUT2D eigenvalue weighted by molar-refractivity contribution is 0.316. The Kier molecular flexibility index (Phi) is 4.19. The van der Waals surface area contributed by atoms with Gasteiger partial charge in [0, 0.05) is 18.9 Å². The SMILES string of the molecule is O=c1c2cc(F)c(-c3nc4ccccn4n3)cc2ccn1CC1CCCCC1. The first-order valence-electron chi connectivity index (χ1n) is 9.83. The van der Waals surface area contributed by atoms with E-state index >= 15 is 0 Å². The first kappa shape index (κ1) is 17.1. The van der Waals surface area contributed by atoms with Crippen molar-refractivity contribution in [2.45, 2.75) is 38.6 Å². The summed E-state index contributed by atoms with van der Waals surface area (Å²) in [6, 6.07) is 10.4. The Balaban J connectivity index is 1.55. The van der Waals surface area contributed by atoms with Crippen molar-refractivity contribution in [1.82, 2.24) is 19.2 Å². The number of hydrogen-bond acceptors (Lipinski definition) is 3. The van der Waals surface area contributed by atoms with Crippen LogP contribution in [0.5, 0.6) is 0 Å². The topological polar surface area (TPSA) is 52.2 Å². The molecule has 0 atom stereocenters. The summed E-state index contributed by atoms with van der Waals surface area (Å²) in [7, 11) is 0. The van der Waals surface area contributed by atoms with Gasteiger partial charge in [0.25, 0.3) is 5.56 Å². The number of pyridine rings is 2. The minimum absolute atomic E-state index is 0.128. The van der Waals surface area contributed by atoms with E-state index in [0.29, 0.717) is 40.3 Å². The van der Waals surface area contributed by atoms with E-state index in [1.54, 1.807) is 21.3 Å². The molecule has 6 heteroatoms. The van der Waals surface area contributed by atoms with E-state index in [2.05, 4.69) is 10.1 Å². The fourth-order valence-corrected chi connectivity index (χ4v) is 4.21. The molecule has 0 spiro atoms. The third-order valence-corrected chi connectivity index (χ3v) is 5.73. The molecule has 0 bridgehead atoms. The fourth-order valence-electron chi connectivity index (χ4n) is 4.21. The summed E-state index contributed by atoms with van der Waals surface area (Å²) in [6.07, 6.45) is 9.68. The Hall–Kier alpha value is -3.02. The highest BCUT2D eigenvalue weighted by Crippen LogP contribution is 2.27. The molecule has 142 valence electrons. The second-order valence-electron chi connectivity index (χ2n) is 7.64. The molecule has 4 aromatic rings. The number of aromatic nitrogens is 4. The van der Waals surface area contributed by atoms with Crippen molar-refractivity contribution in [2.24, 2.45) is 5.92 Å². The lowest BCUT2D eigenvalue weighted by atomic mass is 9.89. The molecule has 0 saturated heterocycles. The standard InChI is InChI=1S/C22H21FN4O/c23-19-13-17-16(9-11-26(22(17)28)14-15-6-2-1-3-7-15)12-18(19)21-24-20-8-4-5-10-27(20)25-21/h4-5,8-13,15H,1-3,6-7,14H2. The summed E-state index contributed by atoms with van der Waals surface area (Å²) in [6.45, 7) is 0.714. The zero-order valence-corrected chi connectivity index (χ0v) is 15.5. The van der Waals surface area contributed by atoms with E-state index in [-0.39, 0.29) is 5.56 Å². The number of rotatable bonds is 3. The maximum atomic E-state index is 14.9. The third kappa shape index (κ3) is 2.99. The van der Waals surface area contributed by atoms with E-state index in [1.165, 1.54) is 25.3 Å². The first-order chi connectivity index (χ1) is 13.7. The Morgan fingerprint density at radius 3 is 2.75 bits per heavy atom. The average Bonchev–Trinajstić information content (AvgIpc) is 3.15. The molecule has 0 N–H and O–H groups in total. The Morgan fingerprint density at radius 1 is 1.07 bits per heavy atom. The highest BCUT2D eigenvalue weighted by Gasteiger charge is 2.17. The zero-order chi connectivity index (χ0) is 19.1. The monoisotopic (exact) mass is 376 g/mol. The van der Waals surface area contributed by atoms with Crippen LogP contribution >= 0.6 is 0 Å². The quantitative estimate of drug-likeness (QED) is 0.531. The molecule has 1 aromatic carbocycles. The van der Waals surface area contributed by atoms with Crippen molar-refractivity contribution >= 4 is 16.4 Å². The molecular formula is C22H21FN4O. The highest BCUT2D eigenvalue weighted by molar-refractivity contribution is 5.86. The van der Waals surface area contributed by atoms with E-state index in [9.17, 15) is 9.18 Å². The highest BCUT2D eigenvalue weighted by atomic mass is 19.1. The number of nitrogens with zero attached hydrogens (tertiary/aromatic N) is 4. The van der Waals surface area contributed by atoms with Crippen LogP contribution in [0.15, 0.2) is 53.6 Å². The summed E-state index contributed by atoms with van der Waals surface area (Å²) in [5.74, 6) is 0.378. The molecule has 1 saturated carbocycles. The Labute approximate surface area is 161 Å². The maximum Gasteiger partial charge on any atom is 0.258 e. The molecule has 5 rings (SSSR count). The summed E-state index contributed by atoms with van der Waals surface area (Å²) >= 11 is 0. The van der Waals surface area contributed by atoms with Gasteiger partial charge in [-0.05, 0) is 54.5 Å². The van der Waals surface area contributed by atoms with Crippen molar-refractivity contribution in [3.8, 4) is 11.4 Å². The van der Waals surface area contributed by atoms with Gasteiger partial charge in [0.1, 0.15) is 5.82 Å². The molecule has 0 aliphatic heterocycles. The van der Waals surface area contributed by atoms with Gasteiger partial charge in [-0.3, -0.25) is 4.79 Å². The molecule has 0 amide bonds. The van der Waals surface area contributed by atoms with Crippen LogP contribution in [0, 0.1) is 11.7 Å². The van der Waals surface area contributed by atoms with Crippen molar-refractivity contribution in [1.29, 1.82) is 0 Å². The van der Waals surface area contributed by atoms with Crippen molar-refractivity contribution in [2.75, 3.05) is 0 Å². The van der Waals surface area contributed by atoms with Crippen LogP contribution in [0.1, 0.15) is 32.1 Å². The smallest absolute Gasteiger partial charge is 0.258 e. The first-order valence-corrected chi connectivity index (χ1v) is 9.83. The lowest BCUT2D eigenvalue weighted by Gasteiger charge is -2.22. The summed E-state index contributed by atoms with van der Waals surface area (Å²) in [5.41, 5.74) is 0.831. The van der Waals surface area contributed by atoms with Crippen LogP contribution in [-0.4, -0.2) is 19.2 Å². The van der Waals surface area contributed by atoms with Crippen LogP contribution in [0.3, 0.4) is 0 Å². The van der Waals surface area contributed by atoms with Crippen LogP contribution in [0.25, 0.3) is 27.8 Å². The van der Waals surface area contributed by atoms with Crippen LogP contribution in [-0.2, 0) is 6.54 Å². The molecule has 3 heterocycles. The fraction of sp³-hybridized carbons (Fsp3) is 0.318. The third-order valence-electron chi connectivity index (χ3n) is 5.73. The Morgan fingerprint density at radius 2 is 1.93 bits per heavy atom. The predicted octanol–water partition coefficient (Wildman–Crippen LogP) is 4.43. The number of fused-ring (bicyclic) bond motifs is 2. The molecule has 0 radical (unpaired) electrons. The van der Waals surface area contributed by atoms with E-state index in [1.807, 2.05) is 30.5 Å². The van der Waals surface area contributed by atoms with Gasteiger partial charge in [0.05, 0.1) is 10.9 Å². The van der Waals surface area contributed by atoms with Gasteiger partial charge in [-0.2, -0.15) is 0 Å². The van der Waals surface area contributed by atoms with Gasteiger partial charge >= 0.3 is 0 Å². The normalized spacial score (nSPS) is 15.5. The second kappa shape index (κ2) is 6.86. The van der Waals surface area contributed by atoms with Gasteiger partial charge in [0.15, 0.2) is 11.5 Å². The second-order valence-corrected chi connectivity index (χ2v) is 7.64. The van der Waals surface area contributed by atoms with Gasteiger partial charge in [0.2, 0.25) is 0 Å². The van der Waals surface area contributed by atoms with Gasteiger partial charge in [-0.15, -0.1) is 5.10 Å². The van der Waals surface area contributed by atoms with E-state index < -0.39 is 5.82 Å². The molecule has 28 heavy (non-hydrogen) atoms. The molecule has 5 nitrogen and oxygen atoms in total. The van der Waals surface area contributed by atoms with E-state index in [4.69, 9.17) is 0 Å². The van der Waals surface area contributed by atoms with Crippen molar-refractivity contribution in [3.63, 3.8) is 0 Å². The van der Waals surface area contributed by atoms with Gasteiger partial charge in [-0.1, -0.05) is 25.3 Å². The molecular weight excluding hydrogens is 355 g/mol. The molecule has 1 aliphatic rings. The molecule has 3 aromatic heterocycles. The van der Waals surface area contributed by atoms with Crippen LogP contribution in [0.2, 0.25) is 0 Å². The zero-order valence-electron chi connectivity index (χ0n) is 15.5. The molecule has 0 unspecified atom stereocenters. The number of benzene rings is 1. The summed E-state index contributed by atoms with van der Waals surface area (Å²) < 4.78 is 18.2. The number of hydrogen-bond donors (Lipinski definition) is 0. The molecule has 1 aliphatic carbocycles. The predicted molar refractivity (Wildman–Crippen MR) is 107 cm³/mol. The average molecular weight is 376 g/mol. The van der Waals surface area contributed by atoms with Crippen molar-refractivity contribution < 1.29 is 4.39 Å². The maximum absolute atomic E-state index is 14.9. The Bertz CT molecular complexity index is 1190. The van der Waals surface area contributed by atoms with Crippen LogP contribution < -0.4 is 5.56 Å². The summed E-state index contributed by atoms with van der Waals surface area (Å²) in [4.78, 5) is 17.3. The minimum Gasteiger partial charge on any atom is -0.315 e. The van der Waals surface area contributed by atoms with E-state index in [0.717, 1.165) is 12.8 Å². The summed E-state index contributed by atoms with van der Waals surface area (Å²) in [5, 5.41) is 5.46. The number of halogens is 1. The lowest BCUT2D eigenvalue weighted by Crippen LogP contribution is -2.24. The minimum atomic E-state index is -0.476. The van der Waals surface area contributed by atoms with Crippen molar-refractivity contribution in [3.05, 3.63) is 65.0 Å².